The SMILES string of the molecule is Cl.NCCOCCOCCOCCOCCOCCOCCOCCCCCCCl. The summed E-state index contributed by atoms with van der Waals surface area (Å²) in [6.07, 6.45) is 4.53. The number of rotatable bonds is 26. The molecule has 0 aromatic rings. The Hall–Kier alpha value is 0.260. The van der Waals surface area contributed by atoms with E-state index in [0.717, 1.165) is 25.3 Å². The van der Waals surface area contributed by atoms with E-state index >= 15 is 0 Å². The van der Waals surface area contributed by atoms with Crippen molar-refractivity contribution in [3.8, 4) is 0 Å². The number of alkyl halides is 1. The van der Waals surface area contributed by atoms with E-state index in [4.69, 9.17) is 50.5 Å². The van der Waals surface area contributed by atoms with Crippen molar-refractivity contribution in [3.63, 3.8) is 0 Å². The van der Waals surface area contributed by atoms with Crippen molar-refractivity contribution in [2.24, 2.45) is 5.73 Å². The third kappa shape index (κ3) is 30.5. The second kappa shape index (κ2) is 31.4. The molecule has 8 nitrogen and oxygen atoms in total. The molecule has 0 aliphatic rings. The molecule has 0 aliphatic heterocycles. The summed E-state index contributed by atoms with van der Waals surface area (Å²) in [4.78, 5) is 0. The van der Waals surface area contributed by atoms with Gasteiger partial charge in [-0.3, -0.25) is 0 Å². The van der Waals surface area contributed by atoms with Gasteiger partial charge in [0.2, 0.25) is 0 Å². The van der Waals surface area contributed by atoms with Crippen LogP contribution in [0.2, 0.25) is 0 Å². The second-order valence-corrected chi connectivity index (χ2v) is 6.56. The topological polar surface area (TPSA) is 90.6 Å². The van der Waals surface area contributed by atoms with Crippen molar-refractivity contribution in [3.05, 3.63) is 0 Å². The van der Waals surface area contributed by atoms with Gasteiger partial charge in [0, 0.05) is 19.0 Å². The molecule has 2 N–H and O–H groups in total. The summed E-state index contributed by atoms with van der Waals surface area (Å²) < 4.78 is 37.7. The van der Waals surface area contributed by atoms with Gasteiger partial charge in [-0.25, -0.2) is 0 Å². The highest BCUT2D eigenvalue weighted by molar-refractivity contribution is 6.17. The molecule has 0 aliphatic carbocycles. The molecule has 0 atom stereocenters. The van der Waals surface area contributed by atoms with Crippen LogP contribution in [0.3, 0.4) is 0 Å². The second-order valence-electron chi connectivity index (χ2n) is 6.18. The van der Waals surface area contributed by atoms with Gasteiger partial charge < -0.3 is 38.9 Å². The Morgan fingerprint density at radius 2 is 0.700 bits per heavy atom. The van der Waals surface area contributed by atoms with Crippen molar-refractivity contribution in [1.82, 2.24) is 0 Å². The van der Waals surface area contributed by atoms with Gasteiger partial charge in [-0.15, -0.1) is 24.0 Å². The Morgan fingerprint density at radius 3 is 1.03 bits per heavy atom. The van der Waals surface area contributed by atoms with Gasteiger partial charge in [-0.05, 0) is 12.8 Å². The highest BCUT2D eigenvalue weighted by Crippen LogP contribution is 2.01. The molecule has 0 radical (unpaired) electrons. The van der Waals surface area contributed by atoms with E-state index in [-0.39, 0.29) is 12.4 Å². The van der Waals surface area contributed by atoms with Crippen LogP contribution in [-0.2, 0) is 33.2 Å². The maximum absolute atomic E-state index is 5.63. The van der Waals surface area contributed by atoms with Gasteiger partial charge in [0.25, 0.3) is 0 Å². The Morgan fingerprint density at radius 1 is 0.400 bits per heavy atom. The van der Waals surface area contributed by atoms with Gasteiger partial charge in [0.05, 0.1) is 85.9 Å². The van der Waals surface area contributed by atoms with Gasteiger partial charge in [-0.2, -0.15) is 0 Å². The minimum Gasteiger partial charge on any atom is -0.379 e. The van der Waals surface area contributed by atoms with E-state index in [2.05, 4.69) is 0 Å². The first-order valence-electron chi connectivity index (χ1n) is 10.7. The molecule has 0 bridgehead atoms. The highest BCUT2D eigenvalue weighted by Gasteiger charge is 1.95. The standard InChI is InChI=1S/C20H42ClNO7.ClH/c21-5-3-1-2-4-7-23-9-11-25-13-15-27-17-19-29-20-18-28-16-14-26-12-10-24-8-6-22;/h1-20,22H2;1H. The fourth-order valence-electron chi connectivity index (χ4n) is 2.16. The molecule has 0 heterocycles. The molecule has 0 saturated carbocycles. The van der Waals surface area contributed by atoms with E-state index in [1.165, 1.54) is 12.8 Å². The molecule has 0 fully saturated rings. The lowest BCUT2D eigenvalue weighted by molar-refractivity contribution is -0.0203. The number of unbranched alkanes of at least 4 members (excludes halogenated alkanes) is 3. The van der Waals surface area contributed by atoms with Crippen molar-refractivity contribution >= 4 is 24.0 Å². The van der Waals surface area contributed by atoms with Crippen LogP contribution in [0.25, 0.3) is 0 Å². The van der Waals surface area contributed by atoms with Crippen molar-refractivity contribution in [2.45, 2.75) is 25.7 Å². The van der Waals surface area contributed by atoms with E-state index in [0.29, 0.717) is 92.4 Å². The molecular formula is C20H43Cl2NO7. The van der Waals surface area contributed by atoms with Crippen LogP contribution < -0.4 is 5.73 Å². The van der Waals surface area contributed by atoms with Crippen molar-refractivity contribution in [1.29, 1.82) is 0 Å². The number of nitrogens with two attached hydrogens (primary N) is 1. The molecule has 0 aromatic carbocycles. The van der Waals surface area contributed by atoms with E-state index in [9.17, 15) is 0 Å². The minimum atomic E-state index is 0. The molecule has 0 spiro atoms. The van der Waals surface area contributed by atoms with Gasteiger partial charge >= 0.3 is 0 Å². The average molecular weight is 480 g/mol. The Balaban J connectivity index is 0. The maximum atomic E-state index is 5.63. The molecule has 0 unspecified atom stereocenters. The summed E-state index contributed by atoms with van der Waals surface area (Å²) in [7, 11) is 0. The van der Waals surface area contributed by atoms with E-state index < -0.39 is 0 Å². The van der Waals surface area contributed by atoms with Crippen LogP contribution in [0, 0.1) is 0 Å². The first kappa shape index (κ1) is 32.4. The van der Waals surface area contributed by atoms with E-state index in [1.54, 1.807) is 0 Å². The summed E-state index contributed by atoms with van der Waals surface area (Å²) in [6.45, 7) is 8.66. The molecule has 0 saturated heterocycles. The average Bonchev–Trinajstić information content (AvgIpc) is 2.74. The predicted octanol–water partition coefficient (Wildman–Crippen LogP) is 2.28. The zero-order valence-electron chi connectivity index (χ0n) is 18.4. The van der Waals surface area contributed by atoms with Gasteiger partial charge in [0.1, 0.15) is 0 Å². The quantitative estimate of drug-likeness (QED) is 0.149. The van der Waals surface area contributed by atoms with Crippen LogP contribution in [0.15, 0.2) is 0 Å². The Labute approximate surface area is 193 Å². The number of halogens is 2. The fraction of sp³-hybridized carbons (Fsp3) is 1.00. The molecule has 0 amide bonds. The van der Waals surface area contributed by atoms with Crippen LogP contribution in [0.1, 0.15) is 25.7 Å². The van der Waals surface area contributed by atoms with Gasteiger partial charge in [-0.1, -0.05) is 12.8 Å². The van der Waals surface area contributed by atoms with Gasteiger partial charge in [0.15, 0.2) is 0 Å². The predicted molar refractivity (Wildman–Crippen MR) is 121 cm³/mol. The smallest absolute Gasteiger partial charge is 0.0701 e. The minimum absolute atomic E-state index is 0. The zero-order valence-corrected chi connectivity index (χ0v) is 19.9. The fourth-order valence-corrected chi connectivity index (χ4v) is 2.35. The number of hydrogen-bond acceptors (Lipinski definition) is 8. The van der Waals surface area contributed by atoms with Crippen LogP contribution in [0.5, 0.6) is 0 Å². The van der Waals surface area contributed by atoms with Crippen LogP contribution in [-0.4, -0.2) is 105 Å². The largest absolute Gasteiger partial charge is 0.379 e. The summed E-state index contributed by atoms with van der Waals surface area (Å²) in [5.74, 6) is 0.751. The summed E-state index contributed by atoms with van der Waals surface area (Å²) in [5, 5.41) is 0. The Bertz CT molecular complexity index is 270. The van der Waals surface area contributed by atoms with Crippen LogP contribution >= 0.6 is 24.0 Å². The van der Waals surface area contributed by atoms with Crippen molar-refractivity contribution < 1.29 is 33.2 Å². The van der Waals surface area contributed by atoms with Crippen LogP contribution in [0.4, 0.5) is 0 Å². The lowest BCUT2D eigenvalue weighted by Gasteiger charge is -2.08. The first-order valence-corrected chi connectivity index (χ1v) is 11.3. The molecular weight excluding hydrogens is 437 g/mol. The third-order valence-corrected chi connectivity index (χ3v) is 3.93. The first-order chi connectivity index (χ1) is 14.4. The number of hydrogen-bond donors (Lipinski definition) is 1. The summed E-state index contributed by atoms with van der Waals surface area (Å²) >= 11 is 5.63. The normalized spacial score (nSPS) is 11.0. The summed E-state index contributed by atoms with van der Waals surface area (Å²) in [5.41, 5.74) is 5.31. The molecule has 0 rings (SSSR count). The maximum Gasteiger partial charge on any atom is 0.0701 e. The van der Waals surface area contributed by atoms with Crippen molar-refractivity contribution in [2.75, 3.05) is 105 Å². The lowest BCUT2D eigenvalue weighted by atomic mass is 10.2. The monoisotopic (exact) mass is 479 g/mol. The Kier molecular flexibility index (Phi) is 34.0. The highest BCUT2D eigenvalue weighted by atomic mass is 35.5. The summed E-state index contributed by atoms with van der Waals surface area (Å²) in [6, 6.07) is 0. The molecule has 10 heteroatoms. The lowest BCUT2D eigenvalue weighted by Crippen LogP contribution is -2.15. The molecule has 184 valence electrons. The third-order valence-electron chi connectivity index (χ3n) is 3.67. The number of ether oxygens (including phenoxy) is 7. The molecule has 30 heavy (non-hydrogen) atoms. The zero-order chi connectivity index (χ0) is 21.1. The molecule has 0 aromatic heterocycles. The van der Waals surface area contributed by atoms with E-state index in [1.807, 2.05) is 0 Å².